The third-order valence-electron chi connectivity index (χ3n) is 6.49. The lowest BCUT2D eigenvalue weighted by Gasteiger charge is -2.21. The molecule has 0 radical (unpaired) electrons. The van der Waals surface area contributed by atoms with E-state index < -0.39 is 46.9 Å². The van der Waals surface area contributed by atoms with E-state index in [1.807, 2.05) is 12.1 Å². The monoisotopic (exact) mass is 667 g/mol. The number of rotatable bonds is 12. The minimum Gasteiger partial charge on any atom is -0.478 e. The highest BCUT2D eigenvalue weighted by Crippen LogP contribution is 2.16. The minimum atomic E-state index is -2.22. The Balaban J connectivity index is 0.000000349. The van der Waals surface area contributed by atoms with Gasteiger partial charge in [0.15, 0.2) is 0 Å². The number of aromatic nitrogens is 2. The van der Waals surface area contributed by atoms with Crippen LogP contribution in [-0.4, -0.2) is 65.5 Å². The number of carboxylic acid groups (broad SMARTS) is 2. The molecule has 13 nitrogen and oxygen atoms in total. The van der Waals surface area contributed by atoms with E-state index in [4.69, 9.17) is 15.2 Å². The van der Waals surface area contributed by atoms with E-state index in [9.17, 15) is 33.6 Å². The fourth-order valence-electron chi connectivity index (χ4n) is 3.98. The van der Waals surface area contributed by atoms with Crippen LogP contribution < -0.4 is 5.73 Å². The number of imidazole rings is 1. The van der Waals surface area contributed by atoms with Crippen molar-refractivity contribution in [1.29, 1.82) is 0 Å². The summed E-state index contributed by atoms with van der Waals surface area (Å²) in [4.78, 5) is 52.2. The number of nitrogens with two attached hydrogens (primary N) is 1. The summed E-state index contributed by atoms with van der Waals surface area (Å²) in [5.41, 5.74) is 9.10. The Morgan fingerprint density at radius 2 is 1.26 bits per heavy atom. The van der Waals surface area contributed by atoms with Crippen LogP contribution in [0.25, 0.3) is 0 Å². The molecule has 250 valence electrons. The van der Waals surface area contributed by atoms with Gasteiger partial charge in [0.2, 0.25) is 12.2 Å². The van der Waals surface area contributed by atoms with Crippen molar-refractivity contribution in [2.45, 2.75) is 56.6 Å². The van der Waals surface area contributed by atoms with Gasteiger partial charge in [-0.15, -0.1) is 0 Å². The zero-order chi connectivity index (χ0) is 33.8. The summed E-state index contributed by atoms with van der Waals surface area (Å²) < 4.78 is 23.9. The number of carbonyl (C=O) groups is 4. The van der Waals surface area contributed by atoms with E-state index in [1.165, 1.54) is 24.3 Å². The molecule has 0 aliphatic heterocycles. The van der Waals surface area contributed by atoms with Gasteiger partial charge in [0, 0.05) is 23.3 Å². The van der Waals surface area contributed by atoms with E-state index in [2.05, 4.69) is 16.5 Å². The molecule has 0 saturated carbocycles. The molecule has 4 rings (SSSR count). The summed E-state index contributed by atoms with van der Waals surface area (Å²) in [5, 5.41) is 18.6. The van der Waals surface area contributed by atoms with Crippen LogP contribution in [0.3, 0.4) is 0 Å². The second-order valence-corrected chi connectivity index (χ2v) is 11.6. The quantitative estimate of drug-likeness (QED) is 0.146. The topological polar surface area (TPSA) is 220 Å². The molecular formula is C33H37N3O10S. The van der Waals surface area contributed by atoms with Crippen molar-refractivity contribution in [3.63, 3.8) is 0 Å². The molecule has 0 amide bonds. The standard InChI is InChI=1S/C20H18O8.C13H17N3OS.H2O/c1-11-3-7-13(8-4-11)19(25)27-15(17(21)22)16(18(23)24)28-20(26)14-9-5-12(2)6-10-14;1-2-7-16-10-15-8-12(16)9-18(17)13-5-3-11(14)4-6-13;/h3-10,15-16H,1-2H3,(H,21,22)(H,23,24);3-6,8,10H,2,7,9,14H2,1H3;1H2/t15-,16-;;/m0../s1. The number of aliphatic carboxylic acids is 2. The number of carboxylic acids is 2. The lowest BCUT2D eigenvalue weighted by molar-refractivity contribution is -0.166. The van der Waals surface area contributed by atoms with E-state index in [1.54, 1.807) is 62.8 Å². The highest BCUT2D eigenvalue weighted by Gasteiger charge is 2.41. The molecule has 4 aromatic rings. The van der Waals surface area contributed by atoms with Gasteiger partial charge in [0.05, 0.1) is 39.7 Å². The predicted molar refractivity (Wildman–Crippen MR) is 173 cm³/mol. The molecule has 1 aromatic heterocycles. The van der Waals surface area contributed by atoms with Crippen LogP contribution in [0.15, 0.2) is 90.2 Å². The van der Waals surface area contributed by atoms with E-state index in [0.29, 0.717) is 11.4 Å². The van der Waals surface area contributed by atoms with Crippen molar-refractivity contribution >= 4 is 40.4 Å². The zero-order valence-corrected chi connectivity index (χ0v) is 26.8. The molecule has 14 heteroatoms. The molecule has 0 spiro atoms. The lowest BCUT2D eigenvalue weighted by Crippen LogP contribution is -2.45. The van der Waals surface area contributed by atoms with Gasteiger partial charge < -0.3 is 35.5 Å². The minimum absolute atomic E-state index is 0. The van der Waals surface area contributed by atoms with Gasteiger partial charge >= 0.3 is 23.9 Å². The first-order valence-corrected chi connectivity index (χ1v) is 15.4. The molecule has 0 aliphatic carbocycles. The molecule has 1 heterocycles. The second-order valence-electron chi connectivity index (χ2n) is 10.2. The number of benzene rings is 3. The average Bonchev–Trinajstić information content (AvgIpc) is 3.46. The van der Waals surface area contributed by atoms with Crippen molar-refractivity contribution in [1.82, 2.24) is 9.55 Å². The van der Waals surface area contributed by atoms with Crippen molar-refractivity contribution in [3.05, 3.63) is 113 Å². The number of carbonyl (C=O) groups excluding carboxylic acids is 2. The molecule has 0 bridgehead atoms. The third kappa shape index (κ3) is 11.2. The molecule has 3 aromatic carbocycles. The van der Waals surface area contributed by atoms with Crippen LogP contribution in [0.2, 0.25) is 0 Å². The van der Waals surface area contributed by atoms with Gasteiger partial charge in [-0.25, -0.2) is 24.2 Å². The van der Waals surface area contributed by atoms with Crippen LogP contribution in [0.1, 0.15) is 50.9 Å². The zero-order valence-electron chi connectivity index (χ0n) is 26.0. The fourth-order valence-corrected chi connectivity index (χ4v) is 5.09. The first kappa shape index (κ1) is 37.8. The Kier molecular flexibility index (Phi) is 14.5. The maximum Gasteiger partial charge on any atom is 0.349 e. The summed E-state index contributed by atoms with van der Waals surface area (Å²) in [7, 11) is -1.05. The Morgan fingerprint density at radius 3 is 1.66 bits per heavy atom. The van der Waals surface area contributed by atoms with Crippen LogP contribution in [0.5, 0.6) is 0 Å². The molecule has 47 heavy (non-hydrogen) atoms. The van der Waals surface area contributed by atoms with Crippen molar-refractivity contribution in [2.75, 3.05) is 5.73 Å². The maximum atomic E-state index is 12.2. The first-order valence-electron chi connectivity index (χ1n) is 14.1. The van der Waals surface area contributed by atoms with Crippen LogP contribution in [0.4, 0.5) is 5.69 Å². The Hall–Kier alpha value is -5.34. The van der Waals surface area contributed by atoms with Crippen LogP contribution in [-0.2, 0) is 42.2 Å². The summed E-state index contributed by atoms with van der Waals surface area (Å²) in [6.07, 6.45) is 0.170. The largest absolute Gasteiger partial charge is 0.478 e. The maximum absolute atomic E-state index is 12.2. The molecule has 0 saturated heterocycles. The summed E-state index contributed by atoms with van der Waals surface area (Å²) in [6, 6.07) is 19.2. The van der Waals surface area contributed by atoms with Gasteiger partial charge in [-0.05, 0) is 68.8 Å². The number of anilines is 1. The second kappa shape index (κ2) is 18.0. The Labute approximate surface area is 273 Å². The first-order chi connectivity index (χ1) is 21.9. The van der Waals surface area contributed by atoms with Crippen LogP contribution >= 0.6 is 0 Å². The number of nitrogens with zero attached hydrogens (tertiary/aromatic N) is 2. The van der Waals surface area contributed by atoms with Crippen LogP contribution in [0, 0.1) is 13.8 Å². The normalized spacial score (nSPS) is 12.2. The number of ether oxygens (including phenoxy) is 2. The molecular weight excluding hydrogens is 630 g/mol. The molecule has 3 atom stereocenters. The van der Waals surface area contributed by atoms with E-state index in [-0.39, 0.29) is 16.6 Å². The average molecular weight is 668 g/mol. The van der Waals surface area contributed by atoms with Gasteiger partial charge in [-0.2, -0.15) is 0 Å². The SMILES string of the molecule is CCCn1cncc1CS(=O)c1ccc(N)cc1.Cc1ccc(C(=O)O[C@H](C(=O)O)[C@H](OC(=O)c2ccc(C)cc2)C(=O)O)cc1.O. The van der Waals surface area contributed by atoms with E-state index in [0.717, 1.165) is 34.7 Å². The number of nitrogen functional groups attached to an aromatic ring is 1. The highest BCUT2D eigenvalue weighted by atomic mass is 32.2. The van der Waals surface area contributed by atoms with Crippen molar-refractivity contribution < 1.29 is 48.6 Å². The van der Waals surface area contributed by atoms with Gasteiger partial charge in [-0.1, -0.05) is 42.3 Å². The molecule has 0 fully saturated rings. The number of aryl methyl sites for hydroxylation is 3. The number of esters is 2. The smallest absolute Gasteiger partial charge is 0.349 e. The number of hydrogen-bond acceptors (Lipinski definition) is 9. The Morgan fingerprint density at radius 1 is 0.809 bits per heavy atom. The van der Waals surface area contributed by atoms with Gasteiger partial charge in [-0.3, -0.25) is 4.21 Å². The summed E-state index contributed by atoms with van der Waals surface area (Å²) in [6.45, 7) is 6.61. The van der Waals surface area contributed by atoms with Gasteiger partial charge in [0.25, 0.3) is 0 Å². The van der Waals surface area contributed by atoms with Crippen molar-refractivity contribution in [2.24, 2.45) is 0 Å². The van der Waals surface area contributed by atoms with E-state index >= 15 is 0 Å². The number of hydrogen-bond donors (Lipinski definition) is 3. The summed E-state index contributed by atoms with van der Waals surface area (Å²) in [5.74, 6) is -5.13. The molecule has 1 unspecified atom stereocenters. The molecule has 0 aliphatic rings. The Bertz CT molecular complexity index is 1590. The predicted octanol–water partition coefficient (Wildman–Crippen LogP) is 3.58. The third-order valence-corrected chi connectivity index (χ3v) is 7.85. The molecule has 6 N–H and O–H groups in total. The summed E-state index contributed by atoms with van der Waals surface area (Å²) >= 11 is 0. The highest BCUT2D eigenvalue weighted by molar-refractivity contribution is 7.84. The lowest BCUT2D eigenvalue weighted by atomic mass is 10.1. The van der Waals surface area contributed by atoms with Crippen molar-refractivity contribution in [3.8, 4) is 0 Å². The fraction of sp³-hybridized carbons (Fsp3) is 0.242. The van der Waals surface area contributed by atoms with Gasteiger partial charge in [0.1, 0.15) is 0 Å².